The number of nitrogens with zero attached hydrogens (tertiary/aromatic N) is 1. The van der Waals surface area contributed by atoms with E-state index in [2.05, 4.69) is 0 Å². The summed E-state index contributed by atoms with van der Waals surface area (Å²) in [5.41, 5.74) is 7.25. The minimum atomic E-state index is -0.985. The number of carbonyl (C=O) groups is 2. The first-order valence-electron chi connectivity index (χ1n) is 8.44. The first kappa shape index (κ1) is 18.7. The molecule has 0 unspecified atom stereocenters. The van der Waals surface area contributed by atoms with Crippen LogP contribution in [0, 0.1) is 0 Å². The van der Waals surface area contributed by atoms with Crippen molar-refractivity contribution in [2.24, 2.45) is 5.73 Å². The Morgan fingerprint density at radius 1 is 0.960 bits per heavy atom. The molecule has 2 rings (SSSR count). The Morgan fingerprint density at radius 3 is 2.16 bits per heavy atom. The minimum Gasteiger partial charge on any atom is -0.480 e. The molecular formula is C20H24N2O3. The molecule has 132 valence electrons. The van der Waals surface area contributed by atoms with Crippen LogP contribution < -0.4 is 5.73 Å². The maximum Gasteiger partial charge on any atom is 0.320 e. The van der Waals surface area contributed by atoms with E-state index in [4.69, 9.17) is 10.8 Å². The lowest BCUT2D eigenvalue weighted by Crippen LogP contribution is -2.32. The van der Waals surface area contributed by atoms with Gasteiger partial charge in [-0.25, -0.2) is 0 Å². The molecule has 2 aromatic rings. The highest BCUT2D eigenvalue weighted by Gasteiger charge is 2.16. The van der Waals surface area contributed by atoms with Crippen LogP contribution in [0.1, 0.15) is 35.2 Å². The zero-order valence-corrected chi connectivity index (χ0v) is 14.2. The molecule has 0 bridgehead atoms. The number of aliphatic carboxylic acids is 1. The summed E-state index contributed by atoms with van der Waals surface area (Å²) in [5.74, 6) is -1.01. The summed E-state index contributed by atoms with van der Waals surface area (Å²) in [5, 5.41) is 8.83. The molecule has 1 amide bonds. The standard InChI is InChI=1S/C20H24N2O3/c21-18(20(24)25)13-7-8-14-22(15-16-9-3-1-4-10-16)19(23)17-11-5-2-6-12-17/h1-6,9-12,18H,7-8,13-15,21H2,(H,24,25)/t18-/m1/s1. The zero-order valence-electron chi connectivity index (χ0n) is 14.2. The molecule has 3 N–H and O–H groups in total. The summed E-state index contributed by atoms with van der Waals surface area (Å²) in [7, 11) is 0. The molecule has 1 atom stereocenters. The second-order valence-corrected chi connectivity index (χ2v) is 6.02. The van der Waals surface area contributed by atoms with Gasteiger partial charge in [0.25, 0.3) is 5.91 Å². The number of hydrogen-bond acceptors (Lipinski definition) is 3. The minimum absolute atomic E-state index is 0.0213. The lowest BCUT2D eigenvalue weighted by atomic mass is 10.1. The molecular weight excluding hydrogens is 316 g/mol. The molecule has 0 aliphatic carbocycles. The van der Waals surface area contributed by atoms with Gasteiger partial charge in [-0.2, -0.15) is 0 Å². The van der Waals surface area contributed by atoms with Crippen molar-refractivity contribution in [1.29, 1.82) is 0 Å². The van der Waals surface area contributed by atoms with Crippen LogP contribution >= 0.6 is 0 Å². The summed E-state index contributed by atoms with van der Waals surface area (Å²) >= 11 is 0. The fourth-order valence-corrected chi connectivity index (χ4v) is 2.61. The van der Waals surface area contributed by atoms with E-state index in [0.717, 1.165) is 5.56 Å². The molecule has 0 heterocycles. The Morgan fingerprint density at radius 2 is 1.56 bits per heavy atom. The maximum atomic E-state index is 12.8. The molecule has 25 heavy (non-hydrogen) atoms. The van der Waals surface area contributed by atoms with Gasteiger partial charge in [0.05, 0.1) is 0 Å². The third-order valence-electron chi connectivity index (χ3n) is 4.03. The van der Waals surface area contributed by atoms with Crippen molar-refractivity contribution >= 4 is 11.9 Å². The average molecular weight is 340 g/mol. The fraction of sp³-hybridized carbons (Fsp3) is 0.300. The van der Waals surface area contributed by atoms with Crippen molar-refractivity contribution in [3.05, 3.63) is 71.8 Å². The van der Waals surface area contributed by atoms with Crippen molar-refractivity contribution in [2.75, 3.05) is 6.54 Å². The van der Waals surface area contributed by atoms with E-state index >= 15 is 0 Å². The van der Waals surface area contributed by atoms with Gasteiger partial charge in [0.15, 0.2) is 0 Å². The monoisotopic (exact) mass is 340 g/mol. The molecule has 5 heteroatoms. The van der Waals surface area contributed by atoms with Crippen molar-refractivity contribution in [1.82, 2.24) is 4.90 Å². The van der Waals surface area contributed by atoms with Crippen molar-refractivity contribution < 1.29 is 14.7 Å². The number of carboxylic acids is 1. The van der Waals surface area contributed by atoms with Crippen LogP contribution in [0.3, 0.4) is 0 Å². The smallest absolute Gasteiger partial charge is 0.320 e. The lowest BCUT2D eigenvalue weighted by Gasteiger charge is -2.23. The Kier molecular flexibility index (Phi) is 7.16. The Labute approximate surface area is 148 Å². The van der Waals surface area contributed by atoms with Crippen LogP contribution in [0.5, 0.6) is 0 Å². The van der Waals surface area contributed by atoms with E-state index in [1.165, 1.54) is 0 Å². The molecule has 5 nitrogen and oxygen atoms in total. The second-order valence-electron chi connectivity index (χ2n) is 6.02. The third-order valence-corrected chi connectivity index (χ3v) is 4.03. The van der Waals surface area contributed by atoms with Gasteiger partial charge < -0.3 is 15.7 Å². The topological polar surface area (TPSA) is 83.6 Å². The highest BCUT2D eigenvalue weighted by atomic mass is 16.4. The van der Waals surface area contributed by atoms with Gasteiger partial charge in [-0.15, -0.1) is 0 Å². The summed E-state index contributed by atoms with van der Waals surface area (Å²) in [6.45, 7) is 1.09. The van der Waals surface area contributed by atoms with Gasteiger partial charge >= 0.3 is 5.97 Å². The van der Waals surface area contributed by atoms with Crippen molar-refractivity contribution in [3.8, 4) is 0 Å². The molecule has 0 aromatic heterocycles. The van der Waals surface area contributed by atoms with Gasteiger partial charge in [-0.1, -0.05) is 48.5 Å². The normalized spacial score (nSPS) is 11.7. The van der Waals surface area contributed by atoms with Gasteiger partial charge in [0, 0.05) is 18.7 Å². The first-order chi connectivity index (χ1) is 12.1. The largest absolute Gasteiger partial charge is 0.480 e. The summed E-state index contributed by atoms with van der Waals surface area (Å²) in [6, 6.07) is 18.2. The van der Waals surface area contributed by atoms with Crippen molar-refractivity contribution in [2.45, 2.75) is 31.8 Å². The number of amides is 1. The zero-order chi connectivity index (χ0) is 18.1. The van der Waals surface area contributed by atoms with Crippen LogP contribution in [0.2, 0.25) is 0 Å². The van der Waals surface area contributed by atoms with Crippen molar-refractivity contribution in [3.63, 3.8) is 0 Å². The number of rotatable bonds is 9. The van der Waals surface area contributed by atoms with Crippen LogP contribution in [-0.4, -0.2) is 34.5 Å². The molecule has 0 radical (unpaired) electrons. The van der Waals surface area contributed by atoms with E-state index in [9.17, 15) is 9.59 Å². The van der Waals surface area contributed by atoms with E-state index < -0.39 is 12.0 Å². The van der Waals surface area contributed by atoms with Gasteiger partial charge in [0.2, 0.25) is 0 Å². The molecule has 0 spiro atoms. The second kappa shape index (κ2) is 9.59. The number of carbonyl (C=O) groups excluding carboxylic acids is 1. The molecule has 0 saturated heterocycles. The van der Waals surface area contributed by atoms with E-state index in [1.807, 2.05) is 48.5 Å². The number of benzene rings is 2. The van der Waals surface area contributed by atoms with E-state index in [0.29, 0.717) is 37.9 Å². The van der Waals surface area contributed by atoms with Gasteiger partial charge in [-0.3, -0.25) is 9.59 Å². The first-order valence-corrected chi connectivity index (χ1v) is 8.44. The average Bonchev–Trinajstić information content (AvgIpc) is 2.64. The van der Waals surface area contributed by atoms with Gasteiger partial charge in [-0.05, 0) is 37.0 Å². The predicted octanol–water partition coefficient (Wildman–Crippen LogP) is 2.91. The summed E-state index contributed by atoms with van der Waals surface area (Å²) in [6.07, 6.45) is 1.79. The van der Waals surface area contributed by atoms with Crippen LogP contribution in [0.25, 0.3) is 0 Å². The van der Waals surface area contributed by atoms with Crippen LogP contribution in [-0.2, 0) is 11.3 Å². The van der Waals surface area contributed by atoms with Crippen LogP contribution in [0.15, 0.2) is 60.7 Å². The molecule has 0 aliphatic heterocycles. The Hall–Kier alpha value is -2.66. The number of unbranched alkanes of at least 4 members (excludes halogenated alkanes) is 1. The molecule has 0 fully saturated rings. The van der Waals surface area contributed by atoms with Crippen LogP contribution in [0.4, 0.5) is 0 Å². The number of carboxylic acid groups (broad SMARTS) is 1. The number of hydrogen-bond donors (Lipinski definition) is 2. The lowest BCUT2D eigenvalue weighted by molar-refractivity contribution is -0.138. The molecule has 0 saturated carbocycles. The molecule has 0 aliphatic rings. The quantitative estimate of drug-likeness (QED) is 0.688. The Bertz CT molecular complexity index is 674. The summed E-state index contributed by atoms with van der Waals surface area (Å²) < 4.78 is 0. The fourth-order valence-electron chi connectivity index (χ4n) is 2.61. The highest BCUT2D eigenvalue weighted by Crippen LogP contribution is 2.12. The van der Waals surface area contributed by atoms with E-state index in [-0.39, 0.29) is 5.91 Å². The number of nitrogens with two attached hydrogens (primary N) is 1. The maximum absolute atomic E-state index is 12.8. The van der Waals surface area contributed by atoms with E-state index in [1.54, 1.807) is 17.0 Å². The molecule has 2 aromatic carbocycles. The highest BCUT2D eigenvalue weighted by molar-refractivity contribution is 5.94. The predicted molar refractivity (Wildman–Crippen MR) is 97.1 cm³/mol. The summed E-state index contributed by atoms with van der Waals surface area (Å²) in [4.78, 5) is 25.4. The third kappa shape index (κ3) is 6.04. The van der Waals surface area contributed by atoms with Gasteiger partial charge in [0.1, 0.15) is 6.04 Å². The SMILES string of the molecule is N[C@H](CCCCN(Cc1ccccc1)C(=O)c1ccccc1)C(=O)O. The Balaban J connectivity index is 1.99.